The Kier molecular flexibility index (Phi) is 8.60. The maximum absolute atomic E-state index is 13.0. The summed E-state index contributed by atoms with van der Waals surface area (Å²) in [5, 5.41) is 11.0. The molecule has 8 N–H and O–H groups in total. The highest BCUT2D eigenvalue weighted by molar-refractivity contribution is 5.99. The van der Waals surface area contributed by atoms with Gasteiger partial charge in [0.2, 0.25) is 23.6 Å². The number of anilines is 1. The van der Waals surface area contributed by atoms with Crippen molar-refractivity contribution < 1.29 is 23.6 Å². The number of amides is 4. The SMILES string of the molecule is Cc1cc(=O)oc2cc(NC(=O)[C@H](CCCN=C(N)N)NC(=O)CNC(=O)[C@@H]3CCC(=O)N3)ccc12. The predicted octanol–water partition coefficient (Wildman–Crippen LogP) is -1.03. The van der Waals surface area contributed by atoms with Crippen molar-refractivity contribution in [3.8, 4) is 0 Å². The van der Waals surface area contributed by atoms with Crippen LogP contribution in [0, 0.1) is 6.92 Å². The van der Waals surface area contributed by atoms with E-state index in [0.29, 0.717) is 24.1 Å². The minimum absolute atomic E-state index is 0.0882. The van der Waals surface area contributed by atoms with Gasteiger partial charge in [0.05, 0.1) is 6.54 Å². The second-order valence-corrected chi connectivity index (χ2v) is 8.39. The lowest BCUT2D eigenvalue weighted by Crippen LogP contribution is -2.49. The Hall–Kier alpha value is -4.42. The van der Waals surface area contributed by atoms with Gasteiger partial charge in [-0.1, -0.05) is 0 Å². The predicted molar refractivity (Wildman–Crippen MR) is 132 cm³/mol. The first-order valence-corrected chi connectivity index (χ1v) is 11.4. The summed E-state index contributed by atoms with van der Waals surface area (Å²) < 4.78 is 5.21. The summed E-state index contributed by atoms with van der Waals surface area (Å²) >= 11 is 0. The summed E-state index contributed by atoms with van der Waals surface area (Å²) in [5.41, 5.74) is 11.6. The Bertz CT molecular complexity index is 1250. The topological polar surface area (TPSA) is 211 Å². The van der Waals surface area contributed by atoms with Crippen LogP contribution in [0.2, 0.25) is 0 Å². The van der Waals surface area contributed by atoms with E-state index in [1.165, 1.54) is 12.1 Å². The summed E-state index contributed by atoms with van der Waals surface area (Å²) in [6.07, 6.45) is 1.21. The molecule has 0 unspecified atom stereocenters. The first-order chi connectivity index (χ1) is 17.1. The standard InChI is InChI=1S/C23H29N7O6/c1-12-9-20(33)36-17-10-13(4-5-14(12)17)28-22(35)15(3-2-8-26-23(24)25)30-19(32)11-27-21(34)16-6-7-18(31)29-16/h4-5,9-10,15-16H,2-3,6-8,11H2,1H3,(H,27,34)(H,28,35)(H,29,31)(H,30,32)(H4,24,25,26)/t15-,16-/m0/s1. The molecule has 13 heteroatoms. The third-order valence-electron chi connectivity index (χ3n) is 5.55. The molecule has 3 rings (SSSR count). The van der Waals surface area contributed by atoms with Gasteiger partial charge in [0.25, 0.3) is 0 Å². The van der Waals surface area contributed by atoms with Crippen LogP contribution in [0.4, 0.5) is 5.69 Å². The van der Waals surface area contributed by atoms with E-state index >= 15 is 0 Å². The van der Waals surface area contributed by atoms with Gasteiger partial charge in [-0.3, -0.25) is 24.2 Å². The molecule has 1 fully saturated rings. The maximum atomic E-state index is 13.0. The van der Waals surface area contributed by atoms with E-state index < -0.39 is 35.4 Å². The number of nitrogens with two attached hydrogens (primary N) is 2. The Balaban J connectivity index is 1.64. The summed E-state index contributed by atoms with van der Waals surface area (Å²) in [6.45, 7) is 1.66. The van der Waals surface area contributed by atoms with E-state index in [-0.39, 0.29) is 37.8 Å². The minimum atomic E-state index is -0.963. The number of aryl methyl sites for hydroxylation is 1. The van der Waals surface area contributed by atoms with Crippen molar-refractivity contribution in [3.05, 3.63) is 40.2 Å². The van der Waals surface area contributed by atoms with Gasteiger partial charge < -0.3 is 37.2 Å². The van der Waals surface area contributed by atoms with Gasteiger partial charge >= 0.3 is 5.63 Å². The second kappa shape index (κ2) is 11.8. The van der Waals surface area contributed by atoms with Crippen LogP contribution >= 0.6 is 0 Å². The fourth-order valence-corrected chi connectivity index (χ4v) is 3.75. The average Bonchev–Trinajstić information content (AvgIpc) is 3.25. The molecule has 36 heavy (non-hydrogen) atoms. The number of fused-ring (bicyclic) bond motifs is 1. The number of aliphatic imine (C=N–C) groups is 1. The minimum Gasteiger partial charge on any atom is -0.423 e. The molecule has 1 aliphatic heterocycles. The van der Waals surface area contributed by atoms with Crippen LogP contribution in [0.3, 0.4) is 0 Å². The molecule has 0 radical (unpaired) electrons. The molecule has 0 bridgehead atoms. The number of carbonyl (C=O) groups excluding carboxylic acids is 4. The Labute approximate surface area is 206 Å². The first kappa shape index (κ1) is 26.2. The lowest BCUT2D eigenvalue weighted by atomic mass is 10.1. The van der Waals surface area contributed by atoms with Gasteiger partial charge in [0.1, 0.15) is 17.7 Å². The van der Waals surface area contributed by atoms with Crippen molar-refractivity contribution in [2.24, 2.45) is 16.5 Å². The molecule has 2 atom stereocenters. The van der Waals surface area contributed by atoms with Gasteiger partial charge in [0.15, 0.2) is 5.96 Å². The van der Waals surface area contributed by atoms with Crippen LogP contribution in [-0.2, 0) is 19.2 Å². The molecule has 4 amide bonds. The van der Waals surface area contributed by atoms with Crippen molar-refractivity contribution >= 4 is 46.2 Å². The molecule has 0 saturated carbocycles. The number of nitrogens with one attached hydrogen (secondary N) is 4. The molecule has 192 valence electrons. The summed E-state index contributed by atoms with van der Waals surface area (Å²) in [4.78, 5) is 64.4. The zero-order chi connectivity index (χ0) is 26.2. The molecule has 1 aliphatic rings. The van der Waals surface area contributed by atoms with Crippen molar-refractivity contribution in [1.29, 1.82) is 0 Å². The fraction of sp³-hybridized carbons (Fsp3) is 0.391. The van der Waals surface area contributed by atoms with E-state index in [0.717, 1.165) is 10.9 Å². The number of hydrogen-bond acceptors (Lipinski definition) is 7. The third-order valence-corrected chi connectivity index (χ3v) is 5.55. The van der Waals surface area contributed by atoms with Crippen LogP contribution in [0.1, 0.15) is 31.2 Å². The van der Waals surface area contributed by atoms with Crippen LogP contribution in [0.25, 0.3) is 11.0 Å². The molecule has 1 saturated heterocycles. The van der Waals surface area contributed by atoms with Gasteiger partial charge in [-0.05, 0) is 43.9 Å². The zero-order valence-corrected chi connectivity index (χ0v) is 19.8. The van der Waals surface area contributed by atoms with E-state index in [2.05, 4.69) is 26.3 Å². The van der Waals surface area contributed by atoms with Crippen LogP contribution in [-0.4, -0.2) is 54.8 Å². The monoisotopic (exact) mass is 499 g/mol. The molecule has 0 spiro atoms. The van der Waals surface area contributed by atoms with Crippen molar-refractivity contribution in [2.45, 2.75) is 44.7 Å². The number of benzene rings is 1. The largest absolute Gasteiger partial charge is 0.423 e. The highest BCUT2D eigenvalue weighted by atomic mass is 16.4. The number of carbonyl (C=O) groups is 4. The van der Waals surface area contributed by atoms with Crippen molar-refractivity contribution in [3.63, 3.8) is 0 Å². The van der Waals surface area contributed by atoms with E-state index in [1.54, 1.807) is 19.1 Å². The highest BCUT2D eigenvalue weighted by Gasteiger charge is 2.28. The Morgan fingerprint density at radius 2 is 2.00 bits per heavy atom. The van der Waals surface area contributed by atoms with Gasteiger partial charge in [-0.25, -0.2) is 4.79 Å². The highest BCUT2D eigenvalue weighted by Crippen LogP contribution is 2.21. The van der Waals surface area contributed by atoms with Gasteiger partial charge in [0, 0.05) is 36.2 Å². The molecule has 13 nitrogen and oxygen atoms in total. The van der Waals surface area contributed by atoms with Crippen LogP contribution in [0.15, 0.2) is 38.5 Å². The molecule has 0 aliphatic carbocycles. The Morgan fingerprint density at radius 1 is 1.22 bits per heavy atom. The lowest BCUT2D eigenvalue weighted by Gasteiger charge is -2.19. The zero-order valence-electron chi connectivity index (χ0n) is 19.8. The average molecular weight is 500 g/mol. The smallest absolute Gasteiger partial charge is 0.336 e. The lowest BCUT2D eigenvalue weighted by molar-refractivity contribution is -0.129. The summed E-state index contributed by atoms with van der Waals surface area (Å²) in [5.74, 6) is -1.89. The molecule has 1 aromatic carbocycles. The Morgan fingerprint density at radius 3 is 2.69 bits per heavy atom. The number of nitrogens with zero attached hydrogens (tertiary/aromatic N) is 1. The summed E-state index contributed by atoms with van der Waals surface area (Å²) in [6, 6.07) is 4.63. The number of hydrogen-bond donors (Lipinski definition) is 6. The summed E-state index contributed by atoms with van der Waals surface area (Å²) in [7, 11) is 0. The number of rotatable bonds is 10. The normalized spacial score (nSPS) is 15.6. The molecule has 2 aromatic rings. The van der Waals surface area contributed by atoms with Gasteiger partial charge in [-0.15, -0.1) is 0 Å². The number of guanidine groups is 1. The molecular formula is C23H29N7O6. The van der Waals surface area contributed by atoms with Crippen molar-refractivity contribution in [1.82, 2.24) is 16.0 Å². The fourth-order valence-electron chi connectivity index (χ4n) is 3.75. The van der Waals surface area contributed by atoms with E-state index in [4.69, 9.17) is 15.9 Å². The molecule has 2 heterocycles. The van der Waals surface area contributed by atoms with E-state index in [9.17, 15) is 24.0 Å². The quantitative estimate of drug-likeness (QED) is 0.103. The first-order valence-electron chi connectivity index (χ1n) is 11.4. The molecule has 1 aromatic heterocycles. The third kappa shape index (κ3) is 7.29. The maximum Gasteiger partial charge on any atom is 0.336 e. The molecular weight excluding hydrogens is 470 g/mol. The van der Waals surface area contributed by atoms with Crippen molar-refractivity contribution in [2.75, 3.05) is 18.4 Å². The van der Waals surface area contributed by atoms with Crippen LogP contribution < -0.4 is 38.4 Å². The van der Waals surface area contributed by atoms with Gasteiger partial charge in [-0.2, -0.15) is 0 Å². The second-order valence-electron chi connectivity index (χ2n) is 8.39. The van der Waals surface area contributed by atoms with E-state index in [1.807, 2.05) is 0 Å². The van der Waals surface area contributed by atoms with Crippen LogP contribution in [0.5, 0.6) is 0 Å².